The van der Waals surface area contributed by atoms with Gasteiger partial charge in [0.1, 0.15) is 5.75 Å². The molecule has 0 aliphatic rings. The highest BCUT2D eigenvalue weighted by molar-refractivity contribution is 5.94. The molecule has 6 nitrogen and oxygen atoms in total. The molecular formula is C18H18N2O4. The Morgan fingerprint density at radius 2 is 1.75 bits per heavy atom. The van der Waals surface area contributed by atoms with Crippen molar-refractivity contribution < 1.29 is 19.4 Å². The minimum Gasteiger partial charge on any atom is -0.479 e. The van der Waals surface area contributed by atoms with Crippen molar-refractivity contribution in [3.8, 4) is 5.75 Å². The molecule has 0 spiro atoms. The summed E-state index contributed by atoms with van der Waals surface area (Å²) < 4.78 is 5.23. The van der Waals surface area contributed by atoms with E-state index >= 15 is 0 Å². The molecule has 124 valence electrons. The van der Waals surface area contributed by atoms with Crippen LogP contribution in [0.4, 0.5) is 0 Å². The number of hydrogen-bond donors (Lipinski definition) is 2. The average molecular weight is 326 g/mol. The van der Waals surface area contributed by atoms with Crippen LogP contribution in [0.25, 0.3) is 0 Å². The van der Waals surface area contributed by atoms with Crippen LogP contribution >= 0.6 is 0 Å². The number of carboxylic acids is 1. The molecule has 0 unspecified atom stereocenters. The lowest BCUT2D eigenvalue weighted by molar-refractivity contribution is -0.144. The van der Waals surface area contributed by atoms with Gasteiger partial charge in [-0.1, -0.05) is 17.7 Å². The van der Waals surface area contributed by atoms with Crippen LogP contribution in [0.1, 0.15) is 28.4 Å². The first-order chi connectivity index (χ1) is 11.5. The summed E-state index contributed by atoms with van der Waals surface area (Å²) in [5.74, 6) is -0.869. The average Bonchev–Trinajstić information content (AvgIpc) is 2.56. The SMILES string of the molecule is Cc1ccc(C(=O)N/N=C\c2ccc(O[C@@H](C)C(=O)O)cc2)cc1. The van der Waals surface area contributed by atoms with Crippen LogP contribution in [0.15, 0.2) is 53.6 Å². The predicted molar refractivity (Wildman–Crippen MR) is 90.4 cm³/mol. The van der Waals surface area contributed by atoms with Crippen molar-refractivity contribution >= 4 is 18.1 Å². The normalized spacial score (nSPS) is 11.9. The molecule has 0 radical (unpaired) electrons. The van der Waals surface area contributed by atoms with E-state index in [1.54, 1.807) is 36.4 Å². The summed E-state index contributed by atoms with van der Waals surface area (Å²) in [6.07, 6.45) is 0.578. The first-order valence-corrected chi connectivity index (χ1v) is 7.35. The Hall–Kier alpha value is -3.15. The van der Waals surface area contributed by atoms with E-state index in [0.29, 0.717) is 11.3 Å². The highest BCUT2D eigenvalue weighted by Crippen LogP contribution is 2.13. The molecule has 6 heteroatoms. The summed E-state index contributed by atoms with van der Waals surface area (Å²) in [5, 5.41) is 12.7. The zero-order chi connectivity index (χ0) is 17.5. The Morgan fingerprint density at radius 1 is 1.12 bits per heavy atom. The van der Waals surface area contributed by atoms with Crippen molar-refractivity contribution in [1.29, 1.82) is 0 Å². The number of carbonyl (C=O) groups excluding carboxylic acids is 1. The molecule has 0 saturated carbocycles. The third-order valence-electron chi connectivity index (χ3n) is 3.23. The second-order valence-electron chi connectivity index (χ2n) is 5.23. The lowest BCUT2D eigenvalue weighted by Gasteiger charge is -2.09. The van der Waals surface area contributed by atoms with Crippen LogP contribution in [0.5, 0.6) is 5.75 Å². The summed E-state index contributed by atoms with van der Waals surface area (Å²) in [7, 11) is 0. The predicted octanol–water partition coefficient (Wildman–Crippen LogP) is 2.61. The van der Waals surface area contributed by atoms with E-state index < -0.39 is 12.1 Å². The third kappa shape index (κ3) is 4.95. The molecule has 24 heavy (non-hydrogen) atoms. The molecule has 0 fully saturated rings. The van der Waals surface area contributed by atoms with E-state index in [0.717, 1.165) is 11.1 Å². The second-order valence-corrected chi connectivity index (χ2v) is 5.23. The minimum atomic E-state index is -1.03. The largest absolute Gasteiger partial charge is 0.479 e. The first-order valence-electron chi connectivity index (χ1n) is 7.35. The molecule has 1 amide bonds. The van der Waals surface area contributed by atoms with Crippen LogP contribution in [0.2, 0.25) is 0 Å². The van der Waals surface area contributed by atoms with Gasteiger partial charge in [0.15, 0.2) is 6.10 Å². The van der Waals surface area contributed by atoms with Gasteiger partial charge in [-0.2, -0.15) is 5.10 Å². The number of amides is 1. The summed E-state index contributed by atoms with van der Waals surface area (Å²) in [6, 6.07) is 13.9. The number of carboxylic acid groups (broad SMARTS) is 1. The zero-order valence-electron chi connectivity index (χ0n) is 13.4. The van der Waals surface area contributed by atoms with Crippen molar-refractivity contribution in [2.45, 2.75) is 20.0 Å². The fourth-order valence-corrected chi connectivity index (χ4v) is 1.82. The Bertz CT molecular complexity index is 737. The number of nitrogens with zero attached hydrogens (tertiary/aromatic N) is 1. The van der Waals surface area contributed by atoms with Crippen molar-refractivity contribution in [2.75, 3.05) is 0 Å². The number of hydrazone groups is 1. The monoisotopic (exact) mass is 326 g/mol. The summed E-state index contributed by atoms with van der Waals surface area (Å²) >= 11 is 0. The Kier molecular flexibility index (Phi) is 5.68. The topological polar surface area (TPSA) is 88.0 Å². The van der Waals surface area contributed by atoms with Gasteiger partial charge in [-0.05, 0) is 55.8 Å². The lowest BCUT2D eigenvalue weighted by atomic mass is 10.1. The maximum absolute atomic E-state index is 11.9. The van der Waals surface area contributed by atoms with Crippen LogP contribution in [0, 0.1) is 6.92 Å². The van der Waals surface area contributed by atoms with Gasteiger partial charge >= 0.3 is 5.97 Å². The fraction of sp³-hybridized carbons (Fsp3) is 0.167. The zero-order valence-corrected chi connectivity index (χ0v) is 13.4. The number of aliphatic carboxylic acids is 1. The van der Waals surface area contributed by atoms with E-state index in [1.807, 2.05) is 19.1 Å². The molecule has 0 aliphatic carbocycles. The number of rotatable bonds is 6. The van der Waals surface area contributed by atoms with E-state index in [9.17, 15) is 9.59 Å². The maximum atomic E-state index is 11.9. The van der Waals surface area contributed by atoms with Gasteiger partial charge in [-0.15, -0.1) is 0 Å². The molecule has 0 heterocycles. The van der Waals surface area contributed by atoms with Gasteiger partial charge < -0.3 is 9.84 Å². The van der Waals surface area contributed by atoms with E-state index in [4.69, 9.17) is 9.84 Å². The number of nitrogens with one attached hydrogen (secondary N) is 1. The van der Waals surface area contributed by atoms with Crippen molar-refractivity contribution in [3.05, 3.63) is 65.2 Å². The molecule has 1 atom stereocenters. The molecule has 2 rings (SSSR count). The van der Waals surface area contributed by atoms with Crippen LogP contribution in [0.3, 0.4) is 0 Å². The van der Waals surface area contributed by atoms with Gasteiger partial charge in [0.05, 0.1) is 6.21 Å². The van der Waals surface area contributed by atoms with E-state index in [-0.39, 0.29) is 5.91 Å². The Morgan fingerprint density at radius 3 is 2.33 bits per heavy atom. The van der Waals surface area contributed by atoms with Crippen molar-refractivity contribution in [1.82, 2.24) is 5.43 Å². The first kappa shape index (κ1) is 17.2. The summed E-state index contributed by atoms with van der Waals surface area (Å²) in [4.78, 5) is 22.6. The number of carbonyl (C=O) groups is 2. The molecule has 2 N–H and O–H groups in total. The molecule has 2 aromatic rings. The molecule has 0 bridgehead atoms. The molecule has 2 aromatic carbocycles. The molecule has 0 saturated heterocycles. The van der Waals surface area contributed by atoms with Crippen molar-refractivity contribution in [3.63, 3.8) is 0 Å². The van der Waals surface area contributed by atoms with E-state index in [1.165, 1.54) is 13.1 Å². The number of benzene rings is 2. The van der Waals surface area contributed by atoms with Gasteiger partial charge in [0.2, 0.25) is 0 Å². The van der Waals surface area contributed by atoms with Gasteiger partial charge in [-0.25, -0.2) is 10.2 Å². The fourth-order valence-electron chi connectivity index (χ4n) is 1.82. The van der Waals surface area contributed by atoms with Crippen LogP contribution in [-0.2, 0) is 4.79 Å². The molecule has 0 aliphatic heterocycles. The van der Waals surface area contributed by atoms with Crippen LogP contribution < -0.4 is 10.2 Å². The second kappa shape index (κ2) is 7.92. The number of aryl methyl sites for hydroxylation is 1. The highest BCUT2D eigenvalue weighted by Gasteiger charge is 2.11. The summed E-state index contributed by atoms with van der Waals surface area (Å²) in [6.45, 7) is 3.41. The standard InChI is InChI=1S/C18H18N2O4/c1-12-3-7-15(8-4-12)17(21)20-19-11-14-5-9-16(10-6-14)24-13(2)18(22)23/h3-11,13H,1-2H3,(H,20,21)(H,22,23)/b19-11-/t13-/m0/s1. The quantitative estimate of drug-likeness (QED) is 0.631. The number of ether oxygens (including phenoxy) is 1. The minimum absolute atomic E-state index is 0.290. The summed E-state index contributed by atoms with van der Waals surface area (Å²) in [5.41, 5.74) is 4.81. The van der Waals surface area contributed by atoms with Crippen LogP contribution in [-0.4, -0.2) is 29.3 Å². The smallest absolute Gasteiger partial charge is 0.344 e. The van der Waals surface area contributed by atoms with Gasteiger partial charge in [0.25, 0.3) is 5.91 Å². The Balaban J connectivity index is 1.91. The molecule has 0 aromatic heterocycles. The van der Waals surface area contributed by atoms with Gasteiger partial charge in [-0.3, -0.25) is 4.79 Å². The highest BCUT2D eigenvalue weighted by atomic mass is 16.5. The van der Waals surface area contributed by atoms with Crippen molar-refractivity contribution in [2.24, 2.45) is 5.10 Å². The molecular weight excluding hydrogens is 308 g/mol. The third-order valence-corrected chi connectivity index (χ3v) is 3.23. The van der Waals surface area contributed by atoms with Gasteiger partial charge in [0, 0.05) is 5.56 Å². The lowest BCUT2D eigenvalue weighted by Crippen LogP contribution is -2.22. The number of hydrogen-bond acceptors (Lipinski definition) is 4. The maximum Gasteiger partial charge on any atom is 0.344 e. The van der Waals surface area contributed by atoms with E-state index in [2.05, 4.69) is 10.5 Å². The Labute approximate surface area is 139 Å².